The summed E-state index contributed by atoms with van der Waals surface area (Å²) < 4.78 is 5.53. The summed E-state index contributed by atoms with van der Waals surface area (Å²) >= 11 is 0. The number of nitrogens with zero attached hydrogens (tertiary/aromatic N) is 1. The van der Waals surface area contributed by atoms with Crippen LogP contribution in [0.4, 0.5) is 0 Å². The summed E-state index contributed by atoms with van der Waals surface area (Å²) in [5.41, 5.74) is 2.69. The minimum absolute atomic E-state index is 0.437. The first-order valence-corrected chi connectivity index (χ1v) is 6.71. The first-order chi connectivity index (χ1) is 8.43. The molecule has 0 radical (unpaired) electrons. The number of hydrogen-bond acceptors (Lipinski definition) is 3. The molecule has 17 heavy (non-hydrogen) atoms. The Morgan fingerprint density at radius 3 is 3.18 bits per heavy atom. The fraction of sp³-hybridized carbons (Fsp3) is 0.643. The average Bonchev–Trinajstić information content (AvgIpc) is 2.40. The molecule has 0 saturated carbocycles. The topological polar surface area (TPSA) is 34.2 Å². The fourth-order valence-corrected chi connectivity index (χ4v) is 2.93. The molecular formula is C14H20N2O. The lowest BCUT2D eigenvalue weighted by molar-refractivity contribution is 0.0652. The number of pyridine rings is 1. The van der Waals surface area contributed by atoms with Crippen LogP contribution in [0.15, 0.2) is 18.3 Å². The van der Waals surface area contributed by atoms with Crippen LogP contribution in [-0.2, 0) is 11.2 Å². The highest BCUT2D eigenvalue weighted by Crippen LogP contribution is 2.28. The van der Waals surface area contributed by atoms with Crippen LogP contribution in [-0.4, -0.2) is 24.2 Å². The van der Waals surface area contributed by atoms with Gasteiger partial charge in [-0.25, -0.2) is 0 Å². The second-order valence-corrected chi connectivity index (χ2v) is 5.07. The van der Waals surface area contributed by atoms with Crippen molar-refractivity contribution in [2.24, 2.45) is 0 Å². The van der Waals surface area contributed by atoms with Crippen LogP contribution in [0.2, 0.25) is 0 Å². The van der Waals surface area contributed by atoms with Gasteiger partial charge in [0.05, 0.1) is 18.3 Å². The van der Waals surface area contributed by atoms with Crippen molar-refractivity contribution in [2.75, 3.05) is 13.2 Å². The van der Waals surface area contributed by atoms with E-state index in [0.717, 1.165) is 13.2 Å². The molecule has 1 aliphatic carbocycles. The molecule has 3 rings (SSSR count). The smallest absolute Gasteiger partial charge is 0.0619 e. The van der Waals surface area contributed by atoms with Gasteiger partial charge in [0.2, 0.25) is 0 Å². The Bertz CT molecular complexity index is 374. The molecule has 2 heterocycles. The first kappa shape index (κ1) is 11.2. The lowest BCUT2D eigenvalue weighted by atomic mass is 9.91. The Labute approximate surface area is 103 Å². The van der Waals surface area contributed by atoms with E-state index in [4.69, 9.17) is 4.74 Å². The minimum Gasteiger partial charge on any atom is -0.380 e. The van der Waals surface area contributed by atoms with Crippen molar-refractivity contribution in [3.8, 4) is 0 Å². The number of aromatic nitrogens is 1. The van der Waals surface area contributed by atoms with Crippen molar-refractivity contribution in [1.82, 2.24) is 10.3 Å². The molecule has 3 heteroatoms. The number of rotatable bonds is 2. The Balaban J connectivity index is 1.71. The summed E-state index contributed by atoms with van der Waals surface area (Å²) in [5.74, 6) is 0. The second-order valence-electron chi connectivity index (χ2n) is 5.07. The van der Waals surface area contributed by atoms with E-state index in [9.17, 15) is 0 Å². The van der Waals surface area contributed by atoms with Gasteiger partial charge in [-0.3, -0.25) is 4.98 Å². The molecule has 0 bridgehead atoms. The van der Waals surface area contributed by atoms with Gasteiger partial charge in [-0.1, -0.05) is 6.07 Å². The lowest BCUT2D eigenvalue weighted by Gasteiger charge is -2.31. The van der Waals surface area contributed by atoms with Crippen LogP contribution in [0, 0.1) is 0 Å². The van der Waals surface area contributed by atoms with Crippen molar-refractivity contribution >= 4 is 0 Å². The molecule has 1 saturated heterocycles. The quantitative estimate of drug-likeness (QED) is 0.849. The molecule has 1 aromatic rings. The number of nitrogens with one attached hydrogen (secondary N) is 1. The van der Waals surface area contributed by atoms with Crippen LogP contribution < -0.4 is 5.32 Å². The second kappa shape index (κ2) is 5.15. The van der Waals surface area contributed by atoms with Gasteiger partial charge >= 0.3 is 0 Å². The van der Waals surface area contributed by atoms with Crippen LogP contribution in [0.25, 0.3) is 0 Å². The molecule has 92 valence electrons. The molecule has 0 amide bonds. The van der Waals surface area contributed by atoms with Crippen molar-refractivity contribution in [2.45, 2.75) is 44.2 Å². The van der Waals surface area contributed by atoms with Crippen LogP contribution >= 0.6 is 0 Å². The zero-order valence-corrected chi connectivity index (χ0v) is 10.2. The highest BCUT2D eigenvalue weighted by atomic mass is 16.5. The average molecular weight is 232 g/mol. The van der Waals surface area contributed by atoms with Gasteiger partial charge in [-0.15, -0.1) is 0 Å². The molecule has 1 N–H and O–H groups in total. The van der Waals surface area contributed by atoms with E-state index in [1.54, 1.807) is 0 Å². The van der Waals surface area contributed by atoms with Crippen molar-refractivity contribution in [1.29, 1.82) is 0 Å². The summed E-state index contributed by atoms with van der Waals surface area (Å²) in [6, 6.07) is 5.21. The number of fused-ring (bicyclic) bond motifs is 1. The minimum atomic E-state index is 0.437. The van der Waals surface area contributed by atoms with E-state index in [1.165, 1.54) is 43.4 Å². The third-order valence-corrected chi connectivity index (χ3v) is 3.79. The molecular weight excluding hydrogens is 212 g/mol. The Hall–Kier alpha value is -0.930. The third-order valence-electron chi connectivity index (χ3n) is 3.79. The highest BCUT2D eigenvalue weighted by molar-refractivity contribution is 5.25. The molecule has 1 fully saturated rings. The fourth-order valence-electron chi connectivity index (χ4n) is 2.93. The van der Waals surface area contributed by atoms with Crippen molar-refractivity contribution in [3.05, 3.63) is 29.6 Å². The van der Waals surface area contributed by atoms with E-state index in [1.807, 2.05) is 12.3 Å². The van der Waals surface area contributed by atoms with E-state index >= 15 is 0 Å². The highest BCUT2D eigenvalue weighted by Gasteiger charge is 2.24. The standard InChI is InChI=1S/C14H20N2O/c1-4-11-5-2-8-15-14(11)13(7-1)16-12-6-3-9-17-10-12/h2,5,8,12-13,16H,1,3-4,6-7,9-10H2. The zero-order valence-electron chi connectivity index (χ0n) is 10.2. The molecule has 1 aliphatic heterocycles. The van der Waals surface area contributed by atoms with Gasteiger partial charge in [-0.2, -0.15) is 0 Å². The molecule has 0 aromatic carbocycles. The van der Waals surface area contributed by atoms with E-state index in [2.05, 4.69) is 16.4 Å². The maximum atomic E-state index is 5.53. The first-order valence-electron chi connectivity index (χ1n) is 6.71. The van der Waals surface area contributed by atoms with Gasteiger partial charge in [0.1, 0.15) is 0 Å². The van der Waals surface area contributed by atoms with Crippen LogP contribution in [0.1, 0.15) is 43.0 Å². The predicted octanol–water partition coefficient (Wildman–Crippen LogP) is 2.23. The lowest BCUT2D eigenvalue weighted by Crippen LogP contribution is -2.40. The SMILES string of the molecule is c1cnc2c(c1)CCCC2NC1CCCOC1. The summed E-state index contributed by atoms with van der Waals surface area (Å²) in [5, 5.41) is 3.73. The van der Waals surface area contributed by atoms with E-state index < -0.39 is 0 Å². The number of ether oxygens (including phenoxy) is 1. The number of hydrogen-bond donors (Lipinski definition) is 1. The Kier molecular flexibility index (Phi) is 3.39. The van der Waals surface area contributed by atoms with Gasteiger partial charge in [-0.05, 0) is 43.7 Å². The maximum absolute atomic E-state index is 5.53. The summed E-state index contributed by atoms with van der Waals surface area (Å²) in [4.78, 5) is 4.56. The van der Waals surface area contributed by atoms with Crippen LogP contribution in [0.3, 0.4) is 0 Å². The third kappa shape index (κ3) is 2.50. The molecule has 3 nitrogen and oxygen atoms in total. The maximum Gasteiger partial charge on any atom is 0.0619 e. The monoisotopic (exact) mass is 232 g/mol. The van der Waals surface area contributed by atoms with Gasteiger partial charge < -0.3 is 10.1 Å². The molecule has 2 atom stereocenters. The summed E-state index contributed by atoms with van der Waals surface area (Å²) in [6.45, 7) is 1.79. The van der Waals surface area contributed by atoms with Crippen LogP contribution in [0.5, 0.6) is 0 Å². The van der Waals surface area contributed by atoms with E-state index in [-0.39, 0.29) is 0 Å². The van der Waals surface area contributed by atoms with Crippen molar-refractivity contribution < 1.29 is 4.74 Å². The molecule has 0 spiro atoms. The van der Waals surface area contributed by atoms with Crippen molar-refractivity contribution in [3.63, 3.8) is 0 Å². The largest absolute Gasteiger partial charge is 0.380 e. The van der Waals surface area contributed by atoms with Gasteiger partial charge in [0.25, 0.3) is 0 Å². The summed E-state index contributed by atoms with van der Waals surface area (Å²) in [6.07, 6.45) is 7.99. The normalized spacial score (nSPS) is 28.7. The summed E-state index contributed by atoms with van der Waals surface area (Å²) in [7, 11) is 0. The predicted molar refractivity (Wildman–Crippen MR) is 66.9 cm³/mol. The Morgan fingerprint density at radius 2 is 2.29 bits per heavy atom. The number of aryl methyl sites for hydroxylation is 1. The molecule has 1 aromatic heterocycles. The van der Waals surface area contributed by atoms with Gasteiger partial charge in [0, 0.05) is 18.8 Å². The molecule has 2 unspecified atom stereocenters. The molecule has 2 aliphatic rings. The van der Waals surface area contributed by atoms with E-state index in [0.29, 0.717) is 12.1 Å². The Morgan fingerprint density at radius 1 is 1.29 bits per heavy atom. The zero-order chi connectivity index (χ0) is 11.5. The van der Waals surface area contributed by atoms with Gasteiger partial charge in [0.15, 0.2) is 0 Å².